The van der Waals surface area contributed by atoms with Crippen molar-refractivity contribution in [1.82, 2.24) is 4.90 Å². The van der Waals surface area contributed by atoms with E-state index in [4.69, 9.17) is 4.84 Å². The topological polar surface area (TPSA) is 41.9 Å². The summed E-state index contributed by atoms with van der Waals surface area (Å²) in [6.45, 7) is 3.27. The Kier molecular flexibility index (Phi) is 3.20. The van der Waals surface area contributed by atoms with Gasteiger partial charge < -0.3 is 9.74 Å². The zero-order valence-corrected chi connectivity index (χ0v) is 11.4. The summed E-state index contributed by atoms with van der Waals surface area (Å²) < 4.78 is 13.8. The molecular weight excluding hydrogens is 259 g/mol. The van der Waals surface area contributed by atoms with E-state index in [0.29, 0.717) is 17.7 Å². The normalized spacial score (nSPS) is 25.5. The summed E-state index contributed by atoms with van der Waals surface area (Å²) in [4.78, 5) is 19.6. The van der Waals surface area contributed by atoms with Gasteiger partial charge in [0.25, 0.3) is 5.91 Å². The zero-order chi connectivity index (χ0) is 14.2. The lowest BCUT2D eigenvalue weighted by Gasteiger charge is -2.26. The lowest BCUT2D eigenvalue weighted by molar-refractivity contribution is -0.152. The summed E-state index contributed by atoms with van der Waals surface area (Å²) in [5.74, 6) is -0.391. The fourth-order valence-electron chi connectivity index (χ4n) is 2.75. The van der Waals surface area contributed by atoms with Gasteiger partial charge >= 0.3 is 0 Å². The van der Waals surface area contributed by atoms with Crippen molar-refractivity contribution >= 4 is 11.6 Å². The summed E-state index contributed by atoms with van der Waals surface area (Å²) in [7, 11) is 0. The number of hydrogen-bond donors (Lipinski definition) is 0. The van der Waals surface area contributed by atoms with Gasteiger partial charge in [0, 0.05) is 25.1 Å². The van der Waals surface area contributed by atoms with Crippen molar-refractivity contribution in [2.24, 2.45) is 5.16 Å². The van der Waals surface area contributed by atoms with E-state index in [-0.39, 0.29) is 11.7 Å². The second kappa shape index (κ2) is 4.89. The molecule has 1 aromatic rings. The zero-order valence-electron chi connectivity index (χ0n) is 11.4. The monoisotopic (exact) mass is 276 g/mol. The van der Waals surface area contributed by atoms with Gasteiger partial charge in [-0.15, -0.1) is 0 Å². The molecule has 1 atom stereocenters. The molecule has 0 spiro atoms. The predicted molar refractivity (Wildman–Crippen MR) is 72.9 cm³/mol. The maximum atomic E-state index is 13.8. The third-order valence-electron chi connectivity index (χ3n) is 3.89. The third-order valence-corrected chi connectivity index (χ3v) is 3.89. The number of halogens is 1. The van der Waals surface area contributed by atoms with Crippen molar-refractivity contribution in [2.75, 3.05) is 13.1 Å². The van der Waals surface area contributed by atoms with Crippen LogP contribution in [0.15, 0.2) is 29.4 Å². The molecule has 0 saturated carbocycles. The summed E-state index contributed by atoms with van der Waals surface area (Å²) in [6.07, 6.45) is 2.37. The van der Waals surface area contributed by atoms with Gasteiger partial charge in [0.15, 0.2) is 0 Å². The van der Waals surface area contributed by atoms with Crippen LogP contribution >= 0.6 is 0 Å². The average Bonchev–Trinajstić information content (AvgIpc) is 3.09. The van der Waals surface area contributed by atoms with Crippen molar-refractivity contribution in [3.05, 3.63) is 35.6 Å². The summed E-state index contributed by atoms with van der Waals surface area (Å²) >= 11 is 0. The molecule has 1 fully saturated rings. The number of oxime groups is 1. The minimum Gasteiger partial charge on any atom is -0.379 e. The first-order valence-corrected chi connectivity index (χ1v) is 6.89. The molecule has 0 N–H and O–H groups in total. The smallest absolute Gasteiger partial charge is 0.269 e. The summed E-state index contributed by atoms with van der Waals surface area (Å²) in [5, 5.41) is 3.94. The van der Waals surface area contributed by atoms with Crippen LogP contribution < -0.4 is 0 Å². The molecule has 1 saturated heterocycles. The van der Waals surface area contributed by atoms with Gasteiger partial charge in [-0.05, 0) is 25.8 Å². The fourth-order valence-corrected chi connectivity index (χ4v) is 2.75. The number of amides is 1. The number of carbonyl (C=O) groups excluding carboxylic acids is 1. The standard InChI is InChI=1S/C15H17FN2O2/c1-15(14(19)18-8-4-5-9-18)10-13(17-20-15)11-6-2-3-7-12(11)16/h2-3,6-7H,4-5,8-10H2,1H3/t15-/m0/s1. The Morgan fingerprint density at radius 2 is 2.05 bits per heavy atom. The number of benzene rings is 1. The average molecular weight is 276 g/mol. The lowest BCUT2D eigenvalue weighted by atomic mass is 9.94. The first-order valence-electron chi connectivity index (χ1n) is 6.89. The molecule has 2 aliphatic heterocycles. The van der Waals surface area contributed by atoms with Crippen LogP contribution in [0.3, 0.4) is 0 Å². The van der Waals surface area contributed by atoms with Crippen LogP contribution in [0, 0.1) is 5.82 Å². The van der Waals surface area contributed by atoms with Crippen molar-refractivity contribution < 1.29 is 14.0 Å². The molecule has 3 rings (SSSR count). The van der Waals surface area contributed by atoms with Crippen molar-refractivity contribution in [2.45, 2.75) is 31.8 Å². The first kappa shape index (κ1) is 13.1. The Hall–Kier alpha value is -1.91. The fraction of sp³-hybridized carbons (Fsp3) is 0.467. The van der Waals surface area contributed by atoms with Gasteiger partial charge in [-0.2, -0.15) is 0 Å². The number of nitrogens with zero attached hydrogens (tertiary/aromatic N) is 2. The molecule has 0 radical (unpaired) electrons. The van der Waals surface area contributed by atoms with Crippen molar-refractivity contribution in [3.63, 3.8) is 0 Å². The third kappa shape index (κ3) is 2.17. The van der Waals surface area contributed by atoms with Crippen LogP contribution in [0.4, 0.5) is 4.39 Å². The molecule has 4 nitrogen and oxygen atoms in total. The van der Waals surface area contributed by atoms with E-state index in [1.807, 2.05) is 0 Å². The quantitative estimate of drug-likeness (QED) is 0.832. The number of likely N-dealkylation sites (tertiary alicyclic amines) is 1. The van der Waals surface area contributed by atoms with Gasteiger partial charge in [-0.1, -0.05) is 23.4 Å². The largest absolute Gasteiger partial charge is 0.379 e. The van der Waals surface area contributed by atoms with Crippen LogP contribution in [0.25, 0.3) is 0 Å². The Balaban J connectivity index is 1.77. The number of hydrogen-bond acceptors (Lipinski definition) is 3. The highest BCUT2D eigenvalue weighted by atomic mass is 19.1. The maximum absolute atomic E-state index is 13.8. The first-order chi connectivity index (χ1) is 9.60. The molecule has 1 aromatic carbocycles. The van der Waals surface area contributed by atoms with Crippen LogP contribution in [0.5, 0.6) is 0 Å². The van der Waals surface area contributed by atoms with E-state index >= 15 is 0 Å². The Labute approximate surface area is 117 Å². The Morgan fingerprint density at radius 3 is 2.75 bits per heavy atom. The van der Waals surface area contributed by atoms with E-state index in [9.17, 15) is 9.18 Å². The molecular formula is C15H17FN2O2. The lowest BCUT2D eigenvalue weighted by Crippen LogP contribution is -2.46. The number of rotatable bonds is 2. The minimum atomic E-state index is -0.998. The molecule has 5 heteroatoms. The molecule has 2 aliphatic rings. The highest BCUT2D eigenvalue weighted by Crippen LogP contribution is 2.30. The van der Waals surface area contributed by atoms with Crippen LogP contribution in [-0.2, 0) is 9.63 Å². The maximum Gasteiger partial charge on any atom is 0.269 e. The summed E-state index contributed by atoms with van der Waals surface area (Å²) in [5.41, 5.74) is -0.0920. The molecule has 20 heavy (non-hydrogen) atoms. The van der Waals surface area contributed by atoms with Gasteiger partial charge in [-0.3, -0.25) is 4.79 Å². The highest BCUT2D eigenvalue weighted by molar-refractivity contribution is 6.05. The van der Waals surface area contributed by atoms with E-state index in [1.165, 1.54) is 6.07 Å². The Morgan fingerprint density at radius 1 is 1.35 bits per heavy atom. The molecule has 0 aliphatic carbocycles. The molecule has 1 amide bonds. The van der Waals surface area contributed by atoms with E-state index in [0.717, 1.165) is 25.9 Å². The van der Waals surface area contributed by atoms with Gasteiger partial charge in [0.2, 0.25) is 5.60 Å². The van der Waals surface area contributed by atoms with Crippen LogP contribution in [-0.4, -0.2) is 35.2 Å². The molecule has 2 heterocycles. The molecule has 0 aromatic heterocycles. The van der Waals surface area contributed by atoms with E-state index in [2.05, 4.69) is 5.16 Å². The van der Waals surface area contributed by atoms with Crippen LogP contribution in [0.2, 0.25) is 0 Å². The predicted octanol–water partition coefficient (Wildman–Crippen LogP) is 2.33. The highest BCUT2D eigenvalue weighted by Gasteiger charge is 2.45. The summed E-state index contributed by atoms with van der Waals surface area (Å²) in [6, 6.07) is 6.42. The molecule has 106 valence electrons. The van der Waals surface area contributed by atoms with Gasteiger partial charge in [-0.25, -0.2) is 4.39 Å². The molecule has 0 unspecified atom stereocenters. The number of carbonyl (C=O) groups is 1. The second-order valence-electron chi connectivity index (χ2n) is 5.52. The molecule has 0 bridgehead atoms. The SMILES string of the molecule is C[C@@]1(C(=O)N2CCCC2)CC(c2ccccc2F)=NO1. The van der Waals surface area contributed by atoms with E-state index in [1.54, 1.807) is 30.0 Å². The van der Waals surface area contributed by atoms with Crippen molar-refractivity contribution in [3.8, 4) is 0 Å². The van der Waals surface area contributed by atoms with Gasteiger partial charge in [0.05, 0.1) is 5.71 Å². The van der Waals surface area contributed by atoms with Gasteiger partial charge in [0.1, 0.15) is 5.82 Å². The minimum absolute atomic E-state index is 0.0508. The Bertz CT molecular complexity index is 567. The van der Waals surface area contributed by atoms with Crippen LogP contribution in [0.1, 0.15) is 31.7 Å². The second-order valence-corrected chi connectivity index (χ2v) is 5.52. The van der Waals surface area contributed by atoms with E-state index < -0.39 is 5.60 Å². The van der Waals surface area contributed by atoms with Crippen molar-refractivity contribution in [1.29, 1.82) is 0 Å².